The van der Waals surface area contributed by atoms with Gasteiger partial charge in [0.25, 0.3) is 5.91 Å². The van der Waals surface area contributed by atoms with Crippen molar-refractivity contribution in [1.29, 1.82) is 0 Å². The Kier molecular flexibility index (Phi) is 6.55. The minimum atomic E-state index is -0.613. The van der Waals surface area contributed by atoms with Crippen molar-refractivity contribution in [2.45, 2.75) is 31.8 Å². The van der Waals surface area contributed by atoms with Crippen LogP contribution in [0.2, 0.25) is 0 Å². The summed E-state index contributed by atoms with van der Waals surface area (Å²) in [5.41, 5.74) is 4.18. The number of carbonyl (C=O) groups is 2. The Hall–Kier alpha value is -4.00. The molecule has 0 radical (unpaired) electrons. The van der Waals surface area contributed by atoms with Gasteiger partial charge in [-0.3, -0.25) is 9.59 Å². The number of hydrogen-bond donors (Lipinski definition) is 1. The van der Waals surface area contributed by atoms with Crippen molar-refractivity contribution < 1.29 is 23.8 Å². The van der Waals surface area contributed by atoms with Crippen LogP contribution in [0, 0.1) is 0 Å². The molecule has 0 saturated heterocycles. The first-order valence-electron chi connectivity index (χ1n) is 12.2. The summed E-state index contributed by atoms with van der Waals surface area (Å²) < 4.78 is 16.8. The Balaban J connectivity index is 1.58. The van der Waals surface area contributed by atoms with Gasteiger partial charge in [-0.05, 0) is 48.2 Å². The van der Waals surface area contributed by atoms with Crippen molar-refractivity contribution in [3.8, 4) is 17.2 Å². The van der Waals surface area contributed by atoms with Crippen LogP contribution in [-0.2, 0) is 17.8 Å². The second kappa shape index (κ2) is 9.93. The van der Waals surface area contributed by atoms with Gasteiger partial charge in [0, 0.05) is 24.2 Å². The number of nitrogens with zero attached hydrogens (tertiary/aromatic N) is 1. The largest absolute Gasteiger partial charge is 0.494 e. The zero-order chi connectivity index (χ0) is 25.2. The summed E-state index contributed by atoms with van der Waals surface area (Å²) in [6.45, 7) is 3.34. The third-order valence-electron chi connectivity index (χ3n) is 7.04. The van der Waals surface area contributed by atoms with Crippen molar-refractivity contribution in [3.05, 3.63) is 88.5 Å². The first kappa shape index (κ1) is 23.7. The fourth-order valence-corrected chi connectivity index (χ4v) is 5.37. The fourth-order valence-electron chi connectivity index (χ4n) is 5.37. The van der Waals surface area contributed by atoms with Crippen molar-refractivity contribution in [1.82, 2.24) is 10.2 Å². The predicted octanol–water partition coefficient (Wildman–Crippen LogP) is 4.26. The fraction of sp³-hybridized carbons (Fsp3) is 0.310. The number of rotatable bonds is 7. The molecule has 1 N–H and O–H groups in total. The highest BCUT2D eigenvalue weighted by Crippen LogP contribution is 2.48. The van der Waals surface area contributed by atoms with Crippen LogP contribution in [0.5, 0.6) is 17.2 Å². The quantitative estimate of drug-likeness (QED) is 0.540. The van der Waals surface area contributed by atoms with E-state index in [1.54, 1.807) is 19.2 Å². The highest BCUT2D eigenvalue weighted by atomic mass is 16.5. The van der Waals surface area contributed by atoms with Crippen LogP contribution in [-0.4, -0.2) is 44.1 Å². The lowest BCUT2D eigenvalue weighted by Gasteiger charge is -2.45. The minimum Gasteiger partial charge on any atom is -0.494 e. The molecule has 2 atom stereocenters. The molecular weight excluding hydrogens is 456 g/mol. The highest BCUT2D eigenvalue weighted by Gasteiger charge is 2.46. The number of methoxy groups -OCH3 is 2. The van der Waals surface area contributed by atoms with Gasteiger partial charge in [0.05, 0.1) is 32.8 Å². The number of carbonyl (C=O) groups excluding carboxylic acids is 2. The Morgan fingerprint density at radius 2 is 1.69 bits per heavy atom. The first-order valence-corrected chi connectivity index (χ1v) is 12.2. The lowest BCUT2D eigenvalue weighted by atomic mass is 9.75. The molecule has 2 unspecified atom stereocenters. The standard InChI is InChI=1S/C29H30N2O5/c1-4-36-23-12-8-6-10-19(23)17-30-28(32)26-21-15-24(34-2)25(35-3)16-22(21)29(33)31-14-13-18-9-5-7-11-20(18)27(26)31/h5-12,15-16,26-27H,4,13-14,17H2,1-3H3,(H,30,32). The van der Waals surface area contributed by atoms with Crippen LogP contribution in [0.4, 0.5) is 0 Å². The number of amides is 2. The molecule has 0 aliphatic carbocycles. The van der Waals surface area contributed by atoms with Gasteiger partial charge < -0.3 is 24.4 Å². The molecule has 7 heteroatoms. The molecular formula is C29H30N2O5. The van der Waals surface area contributed by atoms with Gasteiger partial charge in [-0.25, -0.2) is 0 Å². The van der Waals surface area contributed by atoms with Crippen molar-refractivity contribution >= 4 is 11.8 Å². The minimum absolute atomic E-state index is 0.101. The summed E-state index contributed by atoms with van der Waals surface area (Å²) >= 11 is 0. The van der Waals surface area contributed by atoms with Gasteiger partial charge in [-0.2, -0.15) is 0 Å². The van der Waals surface area contributed by atoms with E-state index in [-0.39, 0.29) is 11.8 Å². The molecule has 3 aromatic rings. The molecule has 2 heterocycles. The molecule has 0 aromatic heterocycles. The van der Waals surface area contributed by atoms with E-state index in [9.17, 15) is 9.59 Å². The van der Waals surface area contributed by atoms with Crippen LogP contribution in [0.25, 0.3) is 0 Å². The van der Waals surface area contributed by atoms with E-state index in [1.807, 2.05) is 54.3 Å². The number of para-hydroxylation sites is 1. The molecule has 0 fully saturated rings. The summed E-state index contributed by atoms with van der Waals surface area (Å²) in [6.07, 6.45) is 0.747. The summed E-state index contributed by atoms with van der Waals surface area (Å²) in [6, 6.07) is 18.8. The van der Waals surface area contributed by atoms with E-state index >= 15 is 0 Å². The molecule has 0 saturated carbocycles. The third-order valence-corrected chi connectivity index (χ3v) is 7.04. The Morgan fingerprint density at radius 3 is 2.47 bits per heavy atom. The number of benzene rings is 3. The van der Waals surface area contributed by atoms with Crippen LogP contribution >= 0.6 is 0 Å². The smallest absolute Gasteiger partial charge is 0.254 e. The molecule has 0 spiro atoms. The van der Waals surface area contributed by atoms with Crippen molar-refractivity contribution in [2.24, 2.45) is 0 Å². The summed E-state index contributed by atoms with van der Waals surface area (Å²) in [4.78, 5) is 29.5. The molecule has 0 bridgehead atoms. The summed E-state index contributed by atoms with van der Waals surface area (Å²) in [5, 5.41) is 3.12. The van der Waals surface area contributed by atoms with E-state index in [4.69, 9.17) is 14.2 Å². The number of nitrogens with one attached hydrogen (secondary N) is 1. The lowest BCUT2D eigenvalue weighted by Crippen LogP contribution is -2.50. The van der Waals surface area contributed by atoms with Crippen LogP contribution in [0.1, 0.15) is 51.5 Å². The monoisotopic (exact) mass is 486 g/mol. The molecule has 36 heavy (non-hydrogen) atoms. The van der Waals surface area contributed by atoms with E-state index in [2.05, 4.69) is 11.4 Å². The van der Waals surface area contributed by atoms with Gasteiger partial charge in [0.15, 0.2) is 11.5 Å². The molecule has 186 valence electrons. The first-order chi connectivity index (χ1) is 17.6. The number of hydrogen-bond acceptors (Lipinski definition) is 5. The second-order valence-corrected chi connectivity index (χ2v) is 8.92. The molecule has 3 aromatic carbocycles. The predicted molar refractivity (Wildman–Crippen MR) is 136 cm³/mol. The topological polar surface area (TPSA) is 77.1 Å². The maximum Gasteiger partial charge on any atom is 0.254 e. The normalized spacial score (nSPS) is 18.0. The maximum atomic E-state index is 14.0. The Morgan fingerprint density at radius 1 is 0.972 bits per heavy atom. The van der Waals surface area contributed by atoms with E-state index < -0.39 is 12.0 Å². The molecule has 2 aliphatic rings. The molecule has 2 amide bonds. The molecule has 2 aliphatic heterocycles. The van der Waals surface area contributed by atoms with Gasteiger partial charge in [-0.15, -0.1) is 0 Å². The van der Waals surface area contributed by atoms with E-state index in [1.165, 1.54) is 7.11 Å². The van der Waals surface area contributed by atoms with Crippen molar-refractivity contribution in [2.75, 3.05) is 27.4 Å². The number of ether oxygens (including phenoxy) is 3. The zero-order valence-electron chi connectivity index (χ0n) is 20.7. The van der Waals surface area contributed by atoms with Crippen molar-refractivity contribution in [3.63, 3.8) is 0 Å². The van der Waals surface area contributed by atoms with Gasteiger partial charge >= 0.3 is 0 Å². The van der Waals surface area contributed by atoms with Gasteiger partial charge in [0.2, 0.25) is 5.91 Å². The Bertz CT molecular complexity index is 1300. The summed E-state index contributed by atoms with van der Waals surface area (Å²) in [5.74, 6) is 0.824. The Labute approximate surface area is 211 Å². The van der Waals surface area contributed by atoms with E-state index in [0.29, 0.717) is 42.3 Å². The maximum absolute atomic E-state index is 14.0. The highest BCUT2D eigenvalue weighted by molar-refractivity contribution is 6.02. The van der Waals surface area contributed by atoms with E-state index in [0.717, 1.165) is 28.9 Å². The van der Waals surface area contributed by atoms with Crippen LogP contribution < -0.4 is 19.5 Å². The molecule has 7 nitrogen and oxygen atoms in total. The van der Waals surface area contributed by atoms with Gasteiger partial charge in [-0.1, -0.05) is 42.5 Å². The average molecular weight is 487 g/mol. The van der Waals surface area contributed by atoms with Crippen LogP contribution in [0.3, 0.4) is 0 Å². The third kappa shape index (κ3) is 4.04. The number of fused-ring (bicyclic) bond motifs is 4. The zero-order valence-corrected chi connectivity index (χ0v) is 20.7. The summed E-state index contributed by atoms with van der Waals surface area (Å²) in [7, 11) is 3.09. The lowest BCUT2D eigenvalue weighted by molar-refractivity contribution is -0.124. The average Bonchev–Trinajstić information content (AvgIpc) is 2.92. The SMILES string of the molecule is CCOc1ccccc1CNC(=O)C1c2cc(OC)c(OC)cc2C(=O)N2CCc3ccccc3C12. The van der Waals surface area contributed by atoms with Gasteiger partial charge in [0.1, 0.15) is 5.75 Å². The molecule has 5 rings (SSSR count). The van der Waals surface area contributed by atoms with Crippen LogP contribution in [0.15, 0.2) is 60.7 Å². The second-order valence-electron chi connectivity index (χ2n) is 8.92.